The van der Waals surface area contributed by atoms with Crippen molar-refractivity contribution in [3.05, 3.63) is 34.9 Å². The van der Waals surface area contributed by atoms with Crippen LogP contribution in [-0.2, 0) is 12.1 Å². The number of aliphatic imine (C=N–C) groups is 2. The lowest BCUT2D eigenvalue weighted by atomic mass is 9.61. The maximum absolute atomic E-state index is 6.12. The van der Waals surface area contributed by atoms with E-state index in [1.54, 1.807) is 0 Å². The second-order valence-electron chi connectivity index (χ2n) is 7.37. The van der Waals surface area contributed by atoms with Crippen LogP contribution in [-0.4, -0.2) is 11.5 Å². The van der Waals surface area contributed by atoms with Gasteiger partial charge in [0.2, 0.25) is 0 Å². The second kappa shape index (κ2) is 3.57. The van der Waals surface area contributed by atoms with Crippen molar-refractivity contribution in [1.29, 1.82) is 0 Å². The lowest BCUT2D eigenvalue weighted by Crippen LogP contribution is -2.44. The molecular formula is C18H21N3. The smallest absolute Gasteiger partial charge is 0.184 e. The lowest BCUT2D eigenvalue weighted by molar-refractivity contribution is 0.0474. The summed E-state index contributed by atoms with van der Waals surface area (Å²) in [5, 5.41) is 0. The van der Waals surface area contributed by atoms with Crippen LogP contribution >= 0.6 is 0 Å². The van der Waals surface area contributed by atoms with Gasteiger partial charge in [-0.05, 0) is 56.1 Å². The minimum atomic E-state index is -0.389. The Balaban J connectivity index is 1.74. The van der Waals surface area contributed by atoms with Gasteiger partial charge in [0.25, 0.3) is 0 Å². The van der Waals surface area contributed by atoms with E-state index in [0.717, 1.165) is 18.1 Å². The number of rotatable bonds is 1. The fourth-order valence-corrected chi connectivity index (χ4v) is 4.58. The van der Waals surface area contributed by atoms with E-state index in [2.05, 4.69) is 18.2 Å². The molecule has 0 aromatic heterocycles. The minimum absolute atomic E-state index is 0.208. The second-order valence-corrected chi connectivity index (χ2v) is 7.37. The molecule has 0 radical (unpaired) electrons. The summed E-state index contributed by atoms with van der Waals surface area (Å²) >= 11 is 0. The van der Waals surface area contributed by atoms with Crippen molar-refractivity contribution < 1.29 is 0 Å². The average molecular weight is 279 g/mol. The van der Waals surface area contributed by atoms with Gasteiger partial charge in [0.1, 0.15) is 5.84 Å². The van der Waals surface area contributed by atoms with Gasteiger partial charge in [0.05, 0.1) is 5.71 Å². The molecule has 4 aliphatic rings. The fourth-order valence-electron chi connectivity index (χ4n) is 4.58. The first-order valence-corrected chi connectivity index (χ1v) is 8.19. The first kappa shape index (κ1) is 12.0. The van der Waals surface area contributed by atoms with Gasteiger partial charge in [-0.25, -0.2) is 4.99 Å². The molecule has 1 atom stereocenters. The summed E-state index contributed by atoms with van der Waals surface area (Å²) in [6.07, 6.45) is 7.56. The van der Waals surface area contributed by atoms with Gasteiger partial charge in [0, 0.05) is 11.0 Å². The summed E-state index contributed by atoms with van der Waals surface area (Å²) in [7, 11) is 0. The van der Waals surface area contributed by atoms with Crippen molar-refractivity contribution in [2.75, 3.05) is 0 Å². The zero-order valence-electron chi connectivity index (χ0n) is 12.5. The largest absolute Gasteiger partial charge is 0.382 e. The van der Waals surface area contributed by atoms with E-state index in [4.69, 9.17) is 15.7 Å². The normalized spacial score (nSPS) is 32.0. The number of nitrogens with zero attached hydrogens (tertiary/aromatic N) is 2. The zero-order chi connectivity index (χ0) is 14.2. The van der Waals surface area contributed by atoms with Crippen LogP contribution < -0.4 is 5.73 Å². The van der Waals surface area contributed by atoms with E-state index in [-0.39, 0.29) is 11.1 Å². The number of nitrogens with two attached hydrogens (primary N) is 1. The SMILES string of the molecule is CC1=NC2(N=C1N)c1cc(C3CC3)ccc1CC21CCC1. The van der Waals surface area contributed by atoms with Crippen molar-refractivity contribution in [1.82, 2.24) is 0 Å². The molecule has 2 N–H and O–H groups in total. The summed E-state index contributed by atoms with van der Waals surface area (Å²) in [6, 6.07) is 7.08. The summed E-state index contributed by atoms with van der Waals surface area (Å²) in [5.74, 6) is 1.42. The highest BCUT2D eigenvalue weighted by Gasteiger charge is 2.62. The fraction of sp³-hybridized carbons (Fsp3) is 0.556. The molecule has 2 fully saturated rings. The number of benzene rings is 1. The molecule has 0 amide bonds. The van der Waals surface area contributed by atoms with E-state index in [1.165, 1.54) is 48.8 Å². The minimum Gasteiger partial charge on any atom is -0.382 e. The monoisotopic (exact) mass is 279 g/mol. The van der Waals surface area contributed by atoms with Crippen LogP contribution in [0.3, 0.4) is 0 Å². The summed E-state index contributed by atoms with van der Waals surface area (Å²) in [5.41, 5.74) is 11.2. The van der Waals surface area contributed by atoms with Gasteiger partial charge in [-0.15, -0.1) is 0 Å². The Kier molecular flexibility index (Phi) is 2.03. The third-order valence-electron chi connectivity index (χ3n) is 6.12. The number of amidine groups is 1. The highest BCUT2D eigenvalue weighted by atomic mass is 15.2. The average Bonchev–Trinajstić information content (AvgIpc) is 3.17. The molecule has 1 aromatic rings. The Morgan fingerprint density at radius 1 is 1.19 bits per heavy atom. The van der Waals surface area contributed by atoms with Crippen molar-refractivity contribution in [2.45, 2.75) is 57.0 Å². The number of fused-ring (bicyclic) bond motifs is 3. The molecule has 2 spiro atoms. The summed E-state index contributed by atoms with van der Waals surface area (Å²) < 4.78 is 0. The van der Waals surface area contributed by atoms with Crippen molar-refractivity contribution in [2.24, 2.45) is 21.1 Å². The maximum atomic E-state index is 6.12. The summed E-state index contributed by atoms with van der Waals surface area (Å²) in [4.78, 5) is 9.95. The summed E-state index contributed by atoms with van der Waals surface area (Å²) in [6.45, 7) is 2.00. The number of hydrogen-bond donors (Lipinski definition) is 1. The molecule has 2 saturated carbocycles. The van der Waals surface area contributed by atoms with Crippen molar-refractivity contribution >= 4 is 11.5 Å². The molecule has 3 aliphatic carbocycles. The predicted octanol–water partition coefficient (Wildman–Crippen LogP) is 3.27. The molecule has 3 nitrogen and oxygen atoms in total. The molecule has 1 unspecified atom stereocenters. The molecule has 1 aliphatic heterocycles. The zero-order valence-corrected chi connectivity index (χ0v) is 12.5. The van der Waals surface area contributed by atoms with Crippen LogP contribution in [0.15, 0.2) is 28.2 Å². The Labute approximate surface area is 125 Å². The molecular weight excluding hydrogens is 258 g/mol. The maximum Gasteiger partial charge on any atom is 0.184 e. The Hall–Kier alpha value is -1.64. The van der Waals surface area contributed by atoms with E-state index < -0.39 is 0 Å². The van der Waals surface area contributed by atoms with Crippen LogP contribution in [0.5, 0.6) is 0 Å². The predicted molar refractivity (Wildman–Crippen MR) is 84.8 cm³/mol. The molecule has 21 heavy (non-hydrogen) atoms. The van der Waals surface area contributed by atoms with E-state index in [9.17, 15) is 0 Å². The molecule has 1 aromatic carbocycles. The van der Waals surface area contributed by atoms with Crippen molar-refractivity contribution in [3.63, 3.8) is 0 Å². The Morgan fingerprint density at radius 2 is 2.00 bits per heavy atom. The lowest BCUT2D eigenvalue weighted by Gasteiger charge is -2.47. The van der Waals surface area contributed by atoms with Crippen LogP contribution in [0.25, 0.3) is 0 Å². The topological polar surface area (TPSA) is 50.7 Å². The van der Waals surface area contributed by atoms with Crippen LogP contribution in [0.4, 0.5) is 0 Å². The molecule has 1 heterocycles. The first-order valence-electron chi connectivity index (χ1n) is 8.19. The molecule has 0 bridgehead atoms. The molecule has 0 saturated heterocycles. The molecule has 3 heteroatoms. The van der Waals surface area contributed by atoms with Gasteiger partial charge in [0.15, 0.2) is 5.66 Å². The van der Waals surface area contributed by atoms with Gasteiger partial charge in [-0.1, -0.05) is 24.6 Å². The van der Waals surface area contributed by atoms with Gasteiger partial charge in [-0.2, -0.15) is 0 Å². The third kappa shape index (κ3) is 1.35. The molecule has 5 rings (SSSR count). The number of hydrogen-bond acceptors (Lipinski definition) is 3. The van der Waals surface area contributed by atoms with Gasteiger partial charge >= 0.3 is 0 Å². The van der Waals surface area contributed by atoms with E-state index in [1.807, 2.05) is 6.92 Å². The standard InChI is InChI=1S/C18H21N3/c1-11-16(19)21-18(20-11)15-9-13(12-3-4-12)5-6-14(15)10-17(18)7-2-8-17/h5-6,9,12H,2-4,7-8,10H2,1H3,(H2,19,21). The first-order chi connectivity index (χ1) is 10.1. The van der Waals surface area contributed by atoms with Gasteiger partial charge in [-0.3, -0.25) is 4.99 Å². The van der Waals surface area contributed by atoms with Gasteiger partial charge < -0.3 is 5.73 Å². The molecule has 108 valence electrons. The van der Waals surface area contributed by atoms with E-state index >= 15 is 0 Å². The Morgan fingerprint density at radius 3 is 2.57 bits per heavy atom. The third-order valence-corrected chi connectivity index (χ3v) is 6.12. The van der Waals surface area contributed by atoms with Crippen LogP contribution in [0.2, 0.25) is 0 Å². The highest BCUT2D eigenvalue weighted by molar-refractivity contribution is 6.41. The van der Waals surface area contributed by atoms with E-state index in [0.29, 0.717) is 5.84 Å². The van der Waals surface area contributed by atoms with Crippen molar-refractivity contribution in [3.8, 4) is 0 Å². The van der Waals surface area contributed by atoms with Crippen LogP contribution in [0, 0.1) is 5.41 Å². The quantitative estimate of drug-likeness (QED) is 0.842. The van der Waals surface area contributed by atoms with Crippen LogP contribution in [0.1, 0.15) is 61.6 Å². The highest BCUT2D eigenvalue weighted by Crippen LogP contribution is 2.64. The Bertz CT molecular complexity index is 687.